The smallest absolute Gasteiger partial charge is 0.116 e. The first-order valence-corrected chi connectivity index (χ1v) is 10.0. The van der Waals surface area contributed by atoms with Crippen LogP contribution >= 0.6 is 0 Å². The first-order chi connectivity index (χ1) is 12.7. The Kier molecular flexibility index (Phi) is 6.51. The van der Waals surface area contributed by atoms with Crippen LogP contribution < -0.4 is 0 Å². The molecule has 0 amide bonds. The van der Waals surface area contributed by atoms with E-state index in [4.69, 9.17) is 0 Å². The van der Waals surface area contributed by atoms with Gasteiger partial charge in [0.15, 0.2) is 0 Å². The molecule has 2 nitrogen and oxygen atoms in total. The number of rotatable bonds is 7. The van der Waals surface area contributed by atoms with E-state index in [9.17, 15) is 5.11 Å². The summed E-state index contributed by atoms with van der Waals surface area (Å²) in [5, 5.41) is 10.1. The molecule has 0 heterocycles. The Morgan fingerprint density at radius 1 is 0.923 bits per heavy atom. The Labute approximate surface area is 158 Å². The van der Waals surface area contributed by atoms with Crippen LogP contribution in [0.2, 0.25) is 0 Å². The summed E-state index contributed by atoms with van der Waals surface area (Å²) in [5.41, 5.74) is 6.77. The van der Waals surface area contributed by atoms with E-state index in [1.165, 1.54) is 41.5 Å². The van der Waals surface area contributed by atoms with E-state index in [1.54, 1.807) is 6.07 Å². The lowest BCUT2D eigenvalue weighted by Gasteiger charge is -2.25. The Balaban J connectivity index is 2.10. The third-order valence-electron chi connectivity index (χ3n) is 5.19. The zero-order chi connectivity index (χ0) is 18.4. The summed E-state index contributed by atoms with van der Waals surface area (Å²) in [4.78, 5) is 2.59. The van der Waals surface area contributed by atoms with Gasteiger partial charge in [-0.3, -0.25) is 4.90 Å². The predicted octanol–water partition coefficient (Wildman–Crippen LogP) is 5.65. The van der Waals surface area contributed by atoms with Gasteiger partial charge in [-0.05, 0) is 85.2 Å². The first kappa shape index (κ1) is 18.7. The van der Waals surface area contributed by atoms with Crippen molar-refractivity contribution in [3.8, 4) is 5.75 Å². The van der Waals surface area contributed by atoms with Crippen molar-refractivity contribution in [3.63, 3.8) is 0 Å². The molecule has 1 N–H and O–H groups in total. The number of fused-ring (bicyclic) bond motifs is 1. The van der Waals surface area contributed by atoms with Gasteiger partial charge in [-0.1, -0.05) is 50.2 Å². The van der Waals surface area contributed by atoms with Crippen molar-refractivity contribution in [2.45, 2.75) is 46.0 Å². The normalized spacial score (nSPS) is 14.4. The van der Waals surface area contributed by atoms with Crippen molar-refractivity contribution < 1.29 is 5.11 Å². The van der Waals surface area contributed by atoms with Gasteiger partial charge in [-0.15, -0.1) is 0 Å². The fourth-order valence-corrected chi connectivity index (χ4v) is 4.14. The van der Waals surface area contributed by atoms with E-state index in [0.29, 0.717) is 5.75 Å². The van der Waals surface area contributed by atoms with Crippen molar-refractivity contribution in [1.29, 1.82) is 0 Å². The number of aryl methyl sites for hydroxylation is 1. The predicted molar refractivity (Wildman–Crippen MR) is 111 cm³/mol. The van der Waals surface area contributed by atoms with Gasteiger partial charge in [0.25, 0.3) is 0 Å². The Hall–Kier alpha value is -2.06. The number of benzene rings is 2. The molecule has 0 spiro atoms. The molecule has 2 aromatic carbocycles. The number of phenols is 1. The molecule has 0 radical (unpaired) electrons. The highest BCUT2D eigenvalue weighted by Crippen LogP contribution is 2.36. The number of nitrogens with zero attached hydrogens (tertiary/aromatic N) is 1. The van der Waals surface area contributed by atoms with Gasteiger partial charge in [0.2, 0.25) is 0 Å². The molecule has 138 valence electrons. The minimum atomic E-state index is 0.343. The van der Waals surface area contributed by atoms with Crippen molar-refractivity contribution in [1.82, 2.24) is 4.90 Å². The molecule has 0 aromatic heterocycles. The van der Waals surface area contributed by atoms with E-state index in [-0.39, 0.29) is 0 Å². The van der Waals surface area contributed by atoms with Crippen LogP contribution in [0.1, 0.15) is 56.2 Å². The van der Waals surface area contributed by atoms with Gasteiger partial charge in [0.1, 0.15) is 5.75 Å². The molecule has 0 atom stereocenters. The molecule has 26 heavy (non-hydrogen) atoms. The lowest BCUT2D eigenvalue weighted by Crippen LogP contribution is -2.28. The second-order valence-corrected chi connectivity index (χ2v) is 7.32. The van der Waals surface area contributed by atoms with Crippen LogP contribution in [0.15, 0.2) is 54.1 Å². The summed E-state index contributed by atoms with van der Waals surface area (Å²) in [6.45, 7) is 7.84. The van der Waals surface area contributed by atoms with Gasteiger partial charge in [-0.25, -0.2) is 0 Å². The topological polar surface area (TPSA) is 23.5 Å². The summed E-state index contributed by atoms with van der Waals surface area (Å²) in [5.74, 6) is 0.343. The second kappa shape index (κ2) is 9.05. The fourth-order valence-electron chi connectivity index (χ4n) is 4.14. The monoisotopic (exact) mass is 349 g/mol. The largest absolute Gasteiger partial charge is 0.508 e. The Morgan fingerprint density at radius 2 is 1.69 bits per heavy atom. The zero-order valence-electron chi connectivity index (χ0n) is 16.2. The minimum Gasteiger partial charge on any atom is -0.508 e. The summed E-state index contributed by atoms with van der Waals surface area (Å²) >= 11 is 0. The van der Waals surface area contributed by atoms with Gasteiger partial charge in [0.05, 0.1) is 0 Å². The van der Waals surface area contributed by atoms with Gasteiger partial charge in [0, 0.05) is 6.54 Å². The molecule has 0 saturated carbocycles. The number of hydrogen-bond acceptors (Lipinski definition) is 2. The highest BCUT2D eigenvalue weighted by molar-refractivity contribution is 5.84. The molecular formula is C24H31NO. The summed E-state index contributed by atoms with van der Waals surface area (Å²) in [6.07, 6.45) is 5.82. The van der Waals surface area contributed by atoms with Gasteiger partial charge in [-0.2, -0.15) is 0 Å². The second-order valence-electron chi connectivity index (χ2n) is 7.32. The molecule has 2 aromatic rings. The molecule has 3 rings (SSSR count). The highest BCUT2D eigenvalue weighted by atomic mass is 16.3. The van der Waals surface area contributed by atoms with Gasteiger partial charge < -0.3 is 5.11 Å². The number of hydrogen-bond donors (Lipinski definition) is 1. The highest BCUT2D eigenvalue weighted by Gasteiger charge is 2.20. The van der Waals surface area contributed by atoms with Crippen LogP contribution in [-0.2, 0) is 6.42 Å². The Bertz CT molecular complexity index is 756. The fraction of sp³-hybridized carbons (Fsp3) is 0.417. The maximum Gasteiger partial charge on any atom is 0.116 e. The Morgan fingerprint density at radius 3 is 2.42 bits per heavy atom. The van der Waals surface area contributed by atoms with Crippen molar-refractivity contribution in [2.75, 3.05) is 19.6 Å². The van der Waals surface area contributed by atoms with Crippen LogP contribution in [0.5, 0.6) is 5.75 Å². The maximum absolute atomic E-state index is 10.1. The molecule has 2 heteroatoms. The number of phenolic OH excluding ortho intramolecular Hbond substituents is 1. The SMILES string of the molecule is CCCN(CCC)CC1=C(c2cccc(O)c2)c2ccccc2CCC1. The summed E-state index contributed by atoms with van der Waals surface area (Å²) in [7, 11) is 0. The van der Waals surface area contributed by atoms with E-state index >= 15 is 0 Å². The lowest BCUT2D eigenvalue weighted by atomic mass is 9.90. The van der Waals surface area contributed by atoms with E-state index in [2.05, 4.69) is 49.1 Å². The van der Waals surface area contributed by atoms with Crippen molar-refractivity contribution in [2.24, 2.45) is 0 Å². The van der Waals surface area contributed by atoms with Crippen LogP contribution in [-0.4, -0.2) is 29.6 Å². The minimum absolute atomic E-state index is 0.343. The van der Waals surface area contributed by atoms with Crippen molar-refractivity contribution in [3.05, 3.63) is 70.8 Å². The summed E-state index contributed by atoms with van der Waals surface area (Å²) < 4.78 is 0. The molecule has 0 saturated heterocycles. The van der Waals surface area contributed by atoms with Crippen LogP contribution in [0.4, 0.5) is 0 Å². The molecular weight excluding hydrogens is 318 g/mol. The molecule has 0 aliphatic heterocycles. The quantitative estimate of drug-likeness (QED) is 0.698. The molecule has 1 aliphatic rings. The van der Waals surface area contributed by atoms with E-state index < -0.39 is 0 Å². The summed E-state index contributed by atoms with van der Waals surface area (Å²) in [6, 6.07) is 16.6. The standard InChI is InChI=1S/C24H31NO/c1-3-15-25(16-4-2)18-21-12-7-10-19-9-5-6-14-23(19)24(21)20-11-8-13-22(26)17-20/h5-6,8-9,11,13-14,17,26H,3-4,7,10,12,15-16,18H2,1-2H3. The van der Waals surface area contributed by atoms with Crippen LogP contribution in [0, 0.1) is 0 Å². The maximum atomic E-state index is 10.1. The molecule has 0 unspecified atom stereocenters. The molecule has 0 bridgehead atoms. The zero-order valence-corrected chi connectivity index (χ0v) is 16.2. The van der Waals surface area contributed by atoms with Crippen LogP contribution in [0.25, 0.3) is 5.57 Å². The van der Waals surface area contributed by atoms with Crippen molar-refractivity contribution >= 4 is 5.57 Å². The lowest BCUT2D eigenvalue weighted by molar-refractivity contribution is 0.295. The van der Waals surface area contributed by atoms with Gasteiger partial charge >= 0.3 is 0 Å². The van der Waals surface area contributed by atoms with E-state index in [0.717, 1.165) is 38.0 Å². The first-order valence-electron chi connectivity index (χ1n) is 10.0. The third kappa shape index (κ3) is 4.37. The average molecular weight is 350 g/mol. The number of aromatic hydroxyl groups is 1. The molecule has 0 fully saturated rings. The van der Waals surface area contributed by atoms with Crippen LogP contribution in [0.3, 0.4) is 0 Å². The molecule has 1 aliphatic carbocycles. The van der Waals surface area contributed by atoms with E-state index in [1.807, 2.05) is 12.1 Å². The average Bonchev–Trinajstić information content (AvgIpc) is 2.81. The third-order valence-corrected chi connectivity index (χ3v) is 5.19.